The number of rotatable bonds is 3. The molecule has 0 aliphatic heterocycles. The van der Waals surface area contributed by atoms with Gasteiger partial charge in [-0.3, -0.25) is 0 Å². The van der Waals surface area contributed by atoms with Crippen molar-refractivity contribution in [3.05, 3.63) is 47.3 Å². The predicted octanol–water partition coefficient (Wildman–Crippen LogP) is 2.92. The zero-order valence-electron chi connectivity index (χ0n) is 11.1. The number of hydrogen-bond donors (Lipinski definition) is 1. The second kappa shape index (κ2) is 5.32. The van der Waals surface area contributed by atoms with Gasteiger partial charge in [-0.15, -0.1) is 0 Å². The molecule has 5 heteroatoms. The van der Waals surface area contributed by atoms with Crippen molar-refractivity contribution in [1.29, 1.82) is 0 Å². The van der Waals surface area contributed by atoms with Crippen LogP contribution in [0.4, 0.5) is 8.78 Å². The molecule has 3 nitrogen and oxygen atoms in total. The van der Waals surface area contributed by atoms with Gasteiger partial charge in [-0.05, 0) is 55.8 Å². The van der Waals surface area contributed by atoms with Gasteiger partial charge in [-0.1, -0.05) is 0 Å². The molecule has 1 aromatic heterocycles. The Kier molecular flexibility index (Phi) is 3.53. The number of hydrogen-bond acceptors (Lipinski definition) is 2. The number of halogens is 2. The maximum atomic E-state index is 13.9. The lowest BCUT2D eigenvalue weighted by atomic mass is 9.85. The summed E-state index contributed by atoms with van der Waals surface area (Å²) in [5, 5.41) is 4.30. The van der Waals surface area contributed by atoms with Crippen LogP contribution in [0.5, 0.6) is 0 Å². The zero-order chi connectivity index (χ0) is 14.1. The molecule has 0 saturated carbocycles. The second-order valence-corrected chi connectivity index (χ2v) is 5.22. The van der Waals surface area contributed by atoms with Crippen LogP contribution in [-0.2, 0) is 6.42 Å². The van der Waals surface area contributed by atoms with E-state index in [-0.39, 0.29) is 0 Å². The van der Waals surface area contributed by atoms with Crippen LogP contribution in [0.1, 0.15) is 36.4 Å². The Hall–Kier alpha value is -1.75. The number of aromatic nitrogens is 2. The lowest BCUT2D eigenvalue weighted by molar-refractivity contribution is 0.514. The quantitative estimate of drug-likeness (QED) is 0.937. The molecule has 2 aromatic rings. The molecule has 1 aliphatic rings. The largest absolute Gasteiger partial charge is 0.330 e. The molecule has 106 valence electrons. The van der Waals surface area contributed by atoms with Gasteiger partial charge in [0.2, 0.25) is 0 Å². The first-order chi connectivity index (χ1) is 9.70. The number of fused-ring (bicyclic) bond motifs is 1. The van der Waals surface area contributed by atoms with Crippen LogP contribution < -0.4 is 5.73 Å². The molecule has 1 unspecified atom stereocenters. The molecule has 0 spiro atoms. The normalized spacial score (nSPS) is 18.1. The molecule has 0 saturated heterocycles. The summed E-state index contributed by atoms with van der Waals surface area (Å²) in [4.78, 5) is 0. The highest BCUT2D eigenvalue weighted by Crippen LogP contribution is 2.34. The van der Waals surface area contributed by atoms with Crippen LogP contribution in [-0.4, -0.2) is 16.3 Å². The second-order valence-electron chi connectivity index (χ2n) is 5.22. The Labute approximate surface area is 116 Å². The van der Waals surface area contributed by atoms with Gasteiger partial charge in [0.05, 0.1) is 6.20 Å². The van der Waals surface area contributed by atoms with Crippen LogP contribution >= 0.6 is 0 Å². The first kappa shape index (κ1) is 13.2. The summed E-state index contributed by atoms with van der Waals surface area (Å²) in [5.74, 6) is -0.758. The van der Waals surface area contributed by atoms with Crippen LogP contribution in [0.25, 0.3) is 5.69 Å². The molecular weight excluding hydrogens is 260 g/mol. The number of nitrogens with two attached hydrogens (primary N) is 1. The van der Waals surface area contributed by atoms with E-state index in [9.17, 15) is 8.78 Å². The Bertz CT molecular complexity index is 622. The van der Waals surface area contributed by atoms with E-state index in [1.807, 2.05) is 0 Å². The summed E-state index contributed by atoms with van der Waals surface area (Å²) >= 11 is 0. The zero-order valence-corrected chi connectivity index (χ0v) is 11.1. The number of nitrogens with zero attached hydrogens (tertiary/aromatic N) is 2. The monoisotopic (exact) mass is 277 g/mol. The van der Waals surface area contributed by atoms with Gasteiger partial charge in [-0.25, -0.2) is 13.5 Å². The predicted molar refractivity (Wildman–Crippen MR) is 72.8 cm³/mol. The smallest absolute Gasteiger partial charge is 0.151 e. The molecule has 1 aliphatic carbocycles. The molecule has 3 rings (SSSR count). The van der Waals surface area contributed by atoms with Crippen molar-refractivity contribution in [3.63, 3.8) is 0 Å². The summed E-state index contributed by atoms with van der Waals surface area (Å²) in [6.45, 7) is 0.639. The summed E-state index contributed by atoms with van der Waals surface area (Å²) in [6.07, 6.45) is 5.74. The SMILES string of the molecule is NCCC1CCCc2c1cnn2-c1ccc(F)cc1F. The van der Waals surface area contributed by atoms with E-state index in [0.717, 1.165) is 43.0 Å². The first-order valence-corrected chi connectivity index (χ1v) is 6.93. The average molecular weight is 277 g/mol. The maximum absolute atomic E-state index is 13.9. The van der Waals surface area contributed by atoms with Crippen molar-refractivity contribution < 1.29 is 8.78 Å². The van der Waals surface area contributed by atoms with E-state index in [0.29, 0.717) is 18.2 Å². The lowest BCUT2D eigenvalue weighted by Gasteiger charge is -2.22. The third-order valence-corrected chi connectivity index (χ3v) is 3.96. The lowest BCUT2D eigenvalue weighted by Crippen LogP contribution is -2.15. The summed E-state index contributed by atoms with van der Waals surface area (Å²) in [6, 6.07) is 3.58. The molecule has 0 radical (unpaired) electrons. The van der Waals surface area contributed by atoms with E-state index < -0.39 is 11.6 Å². The molecule has 1 atom stereocenters. The van der Waals surface area contributed by atoms with Crippen molar-refractivity contribution in [2.75, 3.05) is 6.54 Å². The maximum Gasteiger partial charge on any atom is 0.151 e. The van der Waals surface area contributed by atoms with E-state index in [1.165, 1.54) is 12.1 Å². The number of benzene rings is 1. The standard InChI is InChI=1S/C15H17F2N3/c16-11-4-5-15(13(17)8-11)20-14-3-1-2-10(6-7-18)12(14)9-19-20/h4-5,8-10H,1-3,6-7,18H2. The van der Waals surface area contributed by atoms with Crippen molar-refractivity contribution in [2.24, 2.45) is 5.73 Å². The molecule has 0 amide bonds. The Morgan fingerprint density at radius 1 is 1.35 bits per heavy atom. The van der Waals surface area contributed by atoms with Crippen LogP contribution in [0.2, 0.25) is 0 Å². The molecule has 20 heavy (non-hydrogen) atoms. The van der Waals surface area contributed by atoms with Gasteiger partial charge in [0.25, 0.3) is 0 Å². The van der Waals surface area contributed by atoms with Crippen molar-refractivity contribution in [1.82, 2.24) is 9.78 Å². The van der Waals surface area contributed by atoms with E-state index in [4.69, 9.17) is 5.73 Å². The Balaban J connectivity index is 2.04. The molecule has 0 bridgehead atoms. The highest BCUT2D eigenvalue weighted by molar-refractivity contribution is 5.38. The summed E-state index contributed by atoms with van der Waals surface area (Å²) < 4.78 is 28.5. The molecule has 2 N–H and O–H groups in total. The molecular formula is C15H17F2N3. The minimum atomic E-state index is -0.586. The van der Waals surface area contributed by atoms with Gasteiger partial charge in [0.1, 0.15) is 11.5 Å². The van der Waals surface area contributed by atoms with Gasteiger partial charge < -0.3 is 5.73 Å². The first-order valence-electron chi connectivity index (χ1n) is 6.93. The average Bonchev–Trinajstić information content (AvgIpc) is 2.84. The van der Waals surface area contributed by atoms with Gasteiger partial charge >= 0.3 is 0 Å². The van der Waals surface area contributed by atoms with Gasteiger partial charge in [-0.2, -0.15) is 5.10 Å². The molecule has 0 fully saturated rings. The van der Waals surface area contributed by atoms with Crippen LogP contribution in [0.3, 0.4) is 0 Å². The highest BCUT2D eigenvalue weighted by atomic mass is 19.1. The van der Waals surface area contributed by atoms with Gasteiger partial charge in [0, 0.05) is 11.8 Å². The minimum absolute atomic E-state index is 0.307. The summed E-state index contributed by atoms with van der Waals surface area (Å²) in [5.41, 5.74) is 8.14. The van der Waals surface area contributed by atoms with E-state index in [2.05, 4.69) is 5.10 Å². The minimum Gasteiger partial charge on any atom is -0.330 e. The van der Waals surface area contributed by atoms with Crippen LogP contribution in [0.15, 0.2) is 24.4 Å². The van der Waals surface area contributed by atoms with Crippen molar-refractivity contribution in [3.8, 4) is 5.69 Å². The fraction of sp³-hybridized carbons (Fsp3) is 0.400. The van der Waals surface area contributed by atoms with E-state index in [1.54, 1.807) is 10.9 Å². The Morgan fingerprint density at radius 3 is 2.95 bits per heavy atom. The van der Waals surface area contributed by atoms with Crippen LogP contribution in [0, 0.1) is 11.6 Å². The molecule has 1 aromatic carbocycles. The van der Waals surface area contributed by atoms with Crippen molar-refractivity contribution in [2.45, 2.75) is 31.6 Å². The third kappa shape index (κ3) is 2.22. The van der Waals surface area contributed by atoms with Gasteiger partial charge in [0.15, 0.2) is 5.82 Å². The van der Waals surface area contributed by atoms with Crippen molar-refractivity contribution >= 4 is 0 Å². The third-order valence-electron chi connectivity index (χ3n) is 3.96. The Morgan fingerprint density at radius 2 is 2.20 bits per heavy atom. The fourth-order valence-corrected chi connectivity index (χ4v) is 3.01. The highest BCUT2D eigenvalue weighted by Gasteiger charge is 2.25. The summed E-state index contributed by atoms with van der Waals surface area (Å²) in [7, 11) is 0. The fourth-order valence-electron chi connectivity index (χ4n) is 3.01. The van der Waals surface area contributed by atoms with E-state index >= 15 is 0 Å². The topological polar surface area (TPSA) is 43.8 Å². The molecule has 1 heterocycles.